The van der Waals surface area contributed by atoms with Crippen molar-refractivity contribution in [2.24, 2.45) is 0 Å². The quantitative estimate of drug-likeness (QED) is 0.243. The van der Waals surface area contributed by atoms with Crippen molar-refractivity contribution in [1.29, 1.82) is 0 Å². The first-order valence-electron chi connectivity index (χ1n) is 14.1. The summed E-state index contributed by atoms with van der Waals surface area (Å²) in [5, 5.41) is 14.1. The van der Waals surface area contributed by atoms with Crippen molar-refractivity contribution in [1.82, 2.24) is 10.3 Å². The molecule has 4 aromatic rings. The van der Waals surface area contributed by atoms with Crippen LogP contribution in [0.5, 0.6) is 0 Å². The molecule has 7 nitrogen and oxygen atoms in total. The number of fused-ring (bicyclic) bond motifs is 5. The summed E-state index contributed by atoms with van der Waals surface area (Å²) in [4.78, 5) is 20.6. The zero-order chi connectivity index (χ0) is 28.6. The number of aliphatic hydroxyl groups is 1. The highest BCUT2D eigenvalue weighted by atomic mass is 35.5. The number of carbonyl (C=O) groups is 1. The molecule has 0 radical (unpaired) electrons. The van der Waals surface area contributed by atoms with Gasteiger partial charge in [0.25, 0.3) is 0 Å². The standard InChI is InChI=1S/C33H30ClN3O4S/c34-30-14-22(37-16-24-13-23(37)18-40-24)12-21(31(30)42-32-20(17-38)6-5-11-35-32)15-36-33(39)41-19-29-27-9-3-1-7-25(27)26-8-2-4-10-28(26)29/h1-12,14,23-24,29,38H,13,15-19H2,(H,36,39). The van der Waals surface area contributed by atoms with Gasteiger partial charge in [-0.3, -0.25) is 0 Å². The third-order valence-electron chi connectivity index (χ3n) is 8.32. The highest BCUT2D eigenvalue weighted by Crippen LogP contribution is 2.45. The molecule has 0 spiro atoms. The summed E-state index contributed by atoms with van der Waals surface area (Å²) in [5.41, 5.74) is 7.29. The molecular formula is C33H30ClN3O4S. The number of hydrogen-bond donors (Lipinski definition) is 2. The Hall–Kier alpha value is -3.56. The molecule has 1 amide bonds. The number of anilines is 1. The number of nitrogens with zero attached hydrogens (tertiary/aromatic N) is 2. The van der Waals surface area contributed by atoms with Crippen molar-refractivity contribution in [3.05, 3.63) is 106 Å². The lowest BCUT2D eigenvalue weighted by atomic mass is 9.98. The van der Waals surface area contributed by atoms with Gasteiger partial charge >= 0.3 is 6.09 Å². The number of pyridine rings is 1. The number of morpholine rings is 1. The van der Waals surface area contributed by atoms with Gasteiger partial charge in [-0.2, -0.15) is 0 Å². The van der Waals surface area contributed by atoms with Crippen molar-refractivity contribution >= 4 is 35.1 Å². The van der Waals surface area contributed by atoms with Crippen LogP contribution in [0, 0.1) is 0 Å². The third-order valence-corrected chi connectivity index (χ3v) is 9.98. The lowest BCUT2D eigenvalue weighted by molar-refractivity contribution is 0.0991. The van der Waals surface area contributed by atoms with Crippen LogP contribution in [0.15, 0.2) is 88.9 Å². The Kier molecular flexibility index (Phi) is 7.54. The number of nitrogens with one attached hydrogen (secondary N) is 1. The van der Waals surface area contributed by atoms with Crippen LogP contribution >= 0.6 is 23.4 Å². The molecule has 2 atom stereocenters. The maximum absolute atomic E-state index is 13.1. The van der Waals surface area contributed by atoms with E-state index < -0.39 is 6.09 Å². The number of rotatable bonds is 8. The molecule has 2 bridgehead atoms. The third kappa shape index (κ3) is 5.13. The Labute approximate surface area is 253 Å². The number of carbonyl (C=O) groups excluding carboxylic acids is 1. The first-order valence-corrected chi connectivity index (χ1v) is 15.3. The average Bonchev–Trinajstić information content (AvgIpc) is 3.74. The Morgan fingerprint density at radius 3 is 2.52 bits per heavy atom. The number of hydrogen-bond acceptors (Lipinski definition) is 7. The van der Waals surface area contributed by atoms with Crippen molar-refractivity contribution in [3.8, 4) is 11.1 Å². The largest absolute Gasteiger partial charge is 0.449 e. The van der Waals surface area contributed by atoms with Gasteiger partial charge in [-0.05, 0) is 52.4 Å². The van der Waals surface area contributed by atoms with E-state index in [2.05, 4.69) is 45.5 Å². The van der Waals surface area contributed by atoms with Gasteiger partial charge in [0, 0.05) is 41.4 Å². The molecule has 3 aliphatic rings. The van der Waals surface area contributed by atoms with Crippen LogP contribution in [0.4, 0.5) is 10.5 Å². The molecule has 2 fully saturated rings. The minimum Gasteiger partial charge on any atom is -0.449 e. The SMILES string of the molecule is O=C(NCc1cc(N2CC3CC2CO3)cc(Cl)c1Sc1ncccc1CO)OCC1c2ccccc2-c2ccccc21. The highest BCUT2D eigenvalue weighted by molar-refractivity contribution is 7.99. The maximum atomic E-state index is 13.1. The minimum absolute atomic E-state index is 0.0131. The molecule has 9 heteroatoms. The minimum atomic E-state index is -0.489. The van der Waals surface area contributed by atoms with E-state index in [4.69, 9.17) is 21.1 Å². The lowest BCUT2D eigenvalue weighted by Crippen LogP contribution is -2.37. The van der Waals surface area contributed by atoms with E-state index in [0.717, 1.165) is 29.1 Å². The molecule has 0 saturated carbocycles. The highest BCUT2D eigenvalue weighted by Gasteiger charge is 2.39. The van der Waals surface area contributed by atoms with Crippen molar-refractivity contribution < 1.29 is 19.4 Å². The zero-order valence-corrected chi connectivity index (χ0v) is 24.4. The summed E-state index contributed by atoms with van der Waals surface area (Å²) >= 11 is 8.30. The van der Waals surface area contributed by atoms with Gasteiger partial charge < -0.3 is 24.8 Å². The number of amides is 1. The molecule has 1 aromatic heterocycles. The lowest BCUT2D eigenvalue weighted by Gasteiger charge is -2.30. The van der Waals surface area contributed by atoms with E-state index in [1.165, 1.54) is 34.0 Å². The fourth-order valence-electron chi connectivity index (χ4n) is 6.31. The molecule has 2 aliphatic heterocycles. The molecule has 2 saturated heterocycles. The van der Waals surface area contributed by atoms with Crippen molar-refractivity contribution in [2.75, 3.05) is 24.7 Å². The molecule has 3 heterocycles. The Morgan fingerprint density at radius 1 is 1.07 bits per heavy atom. The molecule has 2 N–H and O–H groups in total. The van der Waals surface area contributed by atoms with Gasteiger partial charge in [-0.1, -0.05) is 78.0 Å². The van der Waals surface area contributed by atoms with E-state index in [0.29, 0.717) is 28.3 Å². The summed E-state index contributed by atoms with van der Waals surface area (Å²) in [6.45, 7) is 1.87. The zero-order valence-electron chi connectivity index (χ0n) is 22.8. The predicted octanol–water partition coefficient (Wildman–Crippen LogP) is 6.39. The van der Waals surface area contributed by atoms with Gasteiger partial charge in [-0.15, -0.1) is 0 Å². The van der Waals surface area contributed by atoms with Crippen LogP contribution in [-0.4, -0.2) is 48.1 Å². The Bertz CT molecular complexity index is 1600. The number of alkyl carbamates (subject to hydrolysis) is 1. The van der Waals surface area contributed by atoms with E-state index >= 15 is 0 Å². The average molecular weight is 600 g/mol. The molecule has 214 valence electrons. The smallest absolute Gasteiger partial charge is 0.407 e. The van der Waals surface area contributed by atoms with Crippen molar-refractivity contribution in [3.63, 3.8) is 0 Å². The Balaban J connectivity index is 1.10. The van der Waals surface area contributed by atoms with Gasteiger partial charge in [0.1, 0.15) is 11.6 Å². The normalized spacial score (nSPS) is 18.7. The van der Waals surface area contributed by atoms with Crippen LogP contribution in [0.3, 0.4) is 0 Å². The first-order chi connectivity index (χ1) is 20.6. The number of halogens is 1. The van der Waals surface area contributed by atoms with Crippen LogP contribution in [0.1, 0.15) is 34.6 Å². The summed E-state index contributed by atoms with van der Waals surface area (Å²) in [7, 11) is 0. The Morgan fingerprint density at radius 2 is 1.83 bits per heavy atom. The molecule has 7 rings (SSSR count). The second-order valence-electron chi connectivity index (χ2n) is 10.8. The summed E-state index contributed by atoms with van der Waals surface area (Å²) < 4.78 is 11.6. The van der Waals surface area contributed by atoms with Crippen LogP contribution in [0.2, 0.25) is 5.02 Å². The van der Waals surface area contributed by atoms with E-state index in [1.54, 1.807) is 12.3 Å². The van der Waals surface area contributed by atoms with Gasteiger partial charge in [0.2, 0.25) is 0 Å². The van der Waals surface area contributed by atoms with E-state index in [1.807, 2.05) is 36.4 Å². The monoisotopic (exact) mass is 599 g/mol. The molecular weight excluding hydrogens is 570 g/mol. The molecule has 1 aliphatic carbocycles. The van der Waals surface area contributed by atoms with Crippen LogP contribution < -0.4 is 10.2 Å². The first kappa shape index (κ1) is 27.3. The van der Waals surface area contributed by atoms with Crippen LogP contribution in [-0.2, 0) is 22.6 Å². The second-order valence-corrected chi connectivity index (χ2v) is 12.2. The molecule has 2 unspecified atom stereocenters. The van der Waals surface area contributed by atoms with Crippen LogP contribution in [0.25, 0.3) is 11.1 Å². The summed E-state index contributed by atoms with van der Waals surface area (Å²) in [5.74, 6) is -0.0131. The predicted molar refractivity (Wildman–Crippen MR) is 163 cm³/mol. The van der Waals surface area contributed by atoms with Gasteiger partial charge in [0.15, 0.2) is 0 Å². The number of aliphatic hydroxyl groups excluding tert-OH is 1. The topological polar surface area (TPSA) is 83.9 Å². The van der Waals surface area contributed by atoms with E-state index in [-0.39, 0.29) is 31.8 Å². The maximum Gasteiger partial charge on any atom is 0.407 e. The van der Waals surface area contributed by atoms with Gasteiger partial charge in [0.05, 0.1) is 30.4 Å². The fraction of sp³-hybridized carbons (Fsp3) is 0.273. The molecule has 3 aromatic carbocycles. The summed E-state index contributed by atoms with van der Waals surface area (Å²) in [6.07, 6.45) is 2.46. The van der Waals surface area contributed by atoms with E-state index in [9.17, 15) is 9.90 Å². The number of ether oxygens (including phenoxy) is 2. The number of benzene rings is 3. The van der Waals surface area contributed by atoms with Crippen molar-refractivity contribution in [2.45, 2.75) is 47.6 Å². The summed E-state index contributed by atoms with van der Waals surface area (Å²) in [6, 6.07) is 24.6. The van der Waals surface area contributed by atoms with Gasteiger partial charge in [-0.25, -0.2) is 9.78 Å². The second kappa shape index (κ2) is 11.6. The number of aromatic nitrogens is 1. The molecule has 42 heavy (non-hydrogen) atoms. The fourth-order valence-corrected chi connectivity index (χ4v) is 7.65.